The molecule has 24 heavy (non-hydrogen) atoms. The number of amides is 3. The molecule has 8 heteroatoms. The van der Waals surface area contributed by atoms with Gasteiger partial charge >= 0.3 is 0 Å². The molecule has 1 aromatic heterocycles. The van der Waals surface area contributed by atoms with E-state index in [4.69, 9.17) is 4.52 Å². The van der Waals surface area contributed by atoms with Crippen LogP contribution in [0.1, 0.15) is 45.3 Å². The summed E-state index contributed by atoms with van der Waals surface area (Å²) in [6.07, 6.45) is 1.83. The number of fused-ring (bicyclic) bond motifs is 1. The zero-order valence-corrected chi connectivity index (χ0v) is 12.7. The van der Waals surface area contributed by atoms with Crippen LogP contribution in [0.25, 0.3) is 0 Å². The van der Waals surface area contributed by atoms with Gasteiger partial charge in [0, 0.05) is 5.92 Å². The number of carbonyl (C=O) groups is 3. The van der Waals surface area contributed by atoms with Crippen LogP contribution >= 0.6 is 0 Å². The zero-order chi connectivity index (χ0) is 16.7. The van der Waals surface area contributed by atoms with Crippen molar-refractivity contribution in [3.63, 3.8) is 0 Å². The molecule has 3 amide bonds. The maximum Gasteiger partial charge on any atom is 0.261 e. The molecule has 0 saturated heterocycles. The Morgan fingerprint density at radius 3 is 2.50 bits per heavy atom. The highest BCUT2D eigenvalue weighted by Gasteiger charge is 2.36. The Morgan fingerprint density at radius 2 is 1.88 bits per heavy atom. The van der Waals surface area contributed by atoms with Gasteiger partial charge in [-0.05, 0) is 25.0 Å². The second-order valence-corrected chi connectivity index (χ2v) is 5.84. The molecule has 0 atom stereocenters. The van der Waals surface area contributed by atoms with E-state index in [1.165, 1.54) is 0 Å². The minimum atomic E-state index is -0.371. The van der Waals surface area contributed by atoms with Crippen molar-refractivity contribution >= 4 is 17.7 Å². The molecule has 1 N–H and O–H groups in total. The first-order chi connectivity index (χ1) is 11.6. The van der Waals surface area contributed by atoms with Crippen molar-refractivity contribution in [2.45, 2.75) is 25.9 Å². The molecule has 0 spiro atoms. The fourth-order valence-corrected chi connectivity index (χ4v) is 2.60. The lowest BCUT2D eigenvalue weighted by molar-refractivity contribution is -0.122. The van der Waals surface area contributed by atoms with E-state index in [0.29, 0.717) is 11.1 Å². The fraction of sp³-hybridized carbons (Fsp3) is 0.312. The lowest BCUT2D eigenvalue weighted by Gasteiger charge is -2.10. The first-order valence-electron chi connectivity index (χ1n) is 7.68. The number of benzene rings is 1. The van der Waals surface area contributed by atoms with Gasteiger partial charge in [-0.2, -0.15) is 4.98 Å². The molecule has 2 aromatic rings. The van der Waals surface area contributed by atoms with Crippen molar-refractivity contribution in [3.05, 3.63) is 47.1 Å². The molecule has 2 heterocycles. The number of carbonyl (C=O) groups excluding carboxylic acids is 3. The summed E-state index contributed by atoms with van der Waals surface area (Å²) < 4.78 is 5.05. The molecule has 122 valence electrons. The van der Waals surface area contributed by atoms with E-state index in [1.807, 2.05) is 0 Å². The van der Waals surface area contributed by atoms with Crippen LogP contribution in [0.15, 0.2) is 28.8 Å². The van der Waals surface area contributed by atoms with Gasteiger partial charge in [0.15, 0.2) is 5.82 Å². The molecule has 1 saturated carbocycles. The average molecular weight is 326 g/mol. The summed E-state index contributed by atoms with van der Waals surface area (Å²) in [5, 5.41) is 6.48. The van der Waals surface area contributed by atoms with E-state index in [2.05, 4.69) is 15.5 Å². The predicted molar refractivity (Wildman–Crippen MR) is 79.5 cm³/mol. The summed E-state index contributed by atoms with van der Waals surface area (Å²) in [6, 6.07) is 6.65. The molecule has 1 aliphatic heterocycles. The van der Waals surface area contributed by atoms with E-state index in [9.17, 15) is 14.4 Å². The number of hydrogen-bond acceptors (Lipinski definition) is 6. The van der Waals surface area contributed by atoms with E-state index < -0.39 is 0 Å². The van der Waals surface area contributed by atoms with Crippen LogP contribution in [0.2, 0.25) is 0 Å². The standard InChI is InChI=1S/C16H14N4O4/c21-14(9-5-6-9)17-7-13-18-12(19-24-13)8-20-15(22)10-3-1-2-4-11(10)16(20)23/h1-4,9H,5-8H2,(H,17,21). The van der Waals surface area contributed by atoms with Crippen molar-refractivity contribution < 1.29 is 18.9 Å². The van der Waals surface area contributed by atoms with Gasteiger partial charge in [-0.25, -0.2) is 0 Å². The molecule has 4 rings (SSSR count). The van der Waals surface area contributed by atoms with Crippen molar-refractivity contribution in [2.75, 3.05) is 0 Å². The van der Waals surface area contributed by atoms with Crippen molar-refractivity contribution in [1.29, 1.82) is 0 Å². The van der Waals surface area contributed by atoms with Crippen LogP contribution < -0.4 is 5.32 Å². The molecule has 1 aromatic carbocycles. The second kappa shape index (κ2) is 5.55. The van der Waals surface area contributed by atoms with Crippen molar-refractivity contribution in [2.24, 2.45) is 5.92 Å². The summed E-state index contributed by atoms with van der Waals surface area (Å²) in [5.74, 6) is -0.190. The van der Waals surface area contributed by atoms with Crippen LogP contribution in [0, 0.1) is 5.92 Å². The largest absolute Gasteiger partial charge is 0.347 e. The summed E-state index contributed by atoms with van der Waals surface area (Å²) >= 11 is 0. The molecule has 8 nitrogen and oxygen atoms in total. The number of nitrogens with zero attached hydrogens (tertiary/aromatic N) is 3. The maximum atomic E-state index is 12.3. The normalized spacial score (nSPS) is 16.4. The van der Waals surface area contributed by atoms with E-state index in [0.717, 1.165) is 17.7 Å². The van der Waals surface area contributed by atoms with Gasteiger partial charge in [-0.15, -0.1) is 0 Å². The van der Waals surface area contributed by atoms with Gasteiger partial charge in [0.1, 0.15) is 0 Å². The Labute approximate surface area is 136 Å². The molecule has 2 aliphatic rings. The van der Waals surface area contributed by atoms with Crippen LogP contribution in [-0.4, -0.2) is 32.8 Å². The molecule has 0 bridgehead atoms. The lowest BCUT2D eigenvalue weighted by Crippen LogP contribution is -2.29. The van der Waals surface area contributed by atoms with Gasteiger partial charge < -0.3 is 9.84 Å². The van der Waals surface area contributed by atoms with Crippen molar-refractivity contribution in [3.8, 4) is 0 Å². The molecular weight excluding hydrogens is 312 g/mol. The number of rotatable bonds is 5. The van der Waals surface area contributed by atoms with Crippen LogP contribution in [0.4, 0.5) is 0 Å². The summed E-state index contributed by atoms with van der Waals surface area (Å²) in [7, 11) is 0. The summed E-state index contributed by atoms with van der Waals surface area (Å²) in [4.78, 5) is 41.3. The minimum absolute atomic E-state index is 0.0184. The molecule has 0 radical (unpaired) electrons. The Hall–Kier alpha value is -3.03. The van der Waals surface area contributed by atoms with E-state index in [1.54, 1.807) is 24.3 Å². The monoisotopic (exact) mass is 326 g/mol. The Bertz CT molecular complexity index is 805. The maximum absolute atomic E-state index is 12.3. The highest BCUT2D eigenvalue weighted by molar-refractivity contribution is 6.21. The first kappa shape index (κ1) is 14.6. The highest BCUT2D eigenvalue weighted by Crippen LogP contribution is 2.28. The lowest BCUT2D eigenvalue weighted by atomic mass is 10.1. The van der Waals surface area contributed by atoms with Gasteiger partial charge in [0.2, 0.25) is 11.8 Å². The van der Waals surface area contributed by atoms with Gasteiger partial charge in [-0.3, -0.25) is 19.3 Å². The van der Waals surface area contributed by atoms with Gasteiger partial charge in [0.05, 0.1) is 24.2 Å². The SMILES string of the molecule is O=C(NCc1nc(CN2C(=O)c3ccccc3C2=O)no1)C1CC1. The number of hydrogen-bond donors (Lipinski definition) is 1. The summed E-state index contributed by atoms with van der Waals surface area (Å²) in [5.41, 5.74) is 0.755. The van der Waals surface area contributed by atoms with Crippen LogP contribution in [0.3, 0.4) is 0 Å². The van der Waals surface area contributed by atoms with E-state index >= 15 is 0 Å². The summed E-state index contributed by atoms with van der Waals surface area (Å²) in [6.45, 7) is 0.0802. The fourth-order valence-electron chi connectivity index (χ4n) is 2.60. The number of aromatic nitrogens is 2. The smallest absolute Gasteiger partial charge is 0.261 e. The topological polar surface area (TPSA) is 105 Å². The average Bonchev–Trinajstić information content (AvgIpc) is 3.31. The third-order valence-corrected chi connectivity index (χ3v) is 4.05. The zero-order valence-electron chi connectivity index (χ0n) is 12.7. The predicted octanol–water partition coefficient (Wildman–Crippen LogP) is 0.892. The first-order valence-corrected chi connectivity index (χ1v) is 7.68. The molecular formula is C16H14N4O4. The second-order valence-electron chi connectivity index (χ2n) is 5.84. The third kappa shape index (κ3) is 2.55. The molecule has 1 fully saturated rings. The van der Waals surface area contributed by atoms with E-state index in [-0.39, 0.29) is 48.4 Å². The van der Waals surface area contributed by atoms with Crippen LogP contribution in [0.5, 0.6) is 0 Å². The Morgan fingerprint density at radius 1 is 1.21 bits per heavy atom. The van der Waals surface area contributed by atoms with Gasteiger partial charge in [-0.1, -0.05) is 17.3 Å². The van der Waals surface area contributed by atoms with Crippen molar-refractivity contribution in [1.82, 2.24) is 20.4 Å². The molecule has 1 aliphatic carbocycles. The quantitative estimate of drug-likeness (QED) is 0.818. The Balaban J connectivity index is 1.42. The highest BCUT2D eigenvalue weighted by atomic mass is 16.5. The number of imide groups is 1. The minimum Gasteiger partial charge on any atom is -0.347 e. The third-order valence-electron chi connectivity index (χ3n) is 4.05. The van der Waals surface area contributed by atoms with Gasteiger partial charge in [0.25, 0.3) is 11.8 Å². The number of nitrogens with one attached hydrogen (secondary N) is 1. The van der Waals surface area contributed by atoms with Crippen LogP contribution in [-0.2, 0) is 17.9 Å². The molecule has 0 unspecified atom stereocenters. The Kier molecular flexibility index (Phi) is 3.37.